The van der Waals surface area contributed by atoms with E-state index in [9.17, 15) is 4.79 Å². The van der Waals surface area contributed by atoms with Gasteiger partial charge in [0.05, 0.1) is 11.9 Å². The van der Waals surface area contributed by atoms with Gasteiger partial charge in [-0.2, -0.15) is 12.6 Å². The minimum Gasteiger partial charge on any atom is -0.387 e. The Morgan fingerprint density at radius 1 is 1.50 bits per heavy atom. The van der Waals surface area contributed by atoms with Crippen LogP contribution in [0.3, 0.4) is 0 Å². The zero-order valence-electron chi connectivity index (χ0n) is 10.2. The van der Waals surface area contributed by atoms with Gasteiger partial charge in [0.15, 0.2) is 0 Å². The first-order valence-electron chi connectivity index (χ1n) is 5.69. The van der Waals surface area contributed by atoms with Crippen LogP contribution in [0.2, 0.25) is 0 Å². The molecule has 0 rings (SSSR count). The van der Waals surface area contributed by atoms with Gasteiger partial charge in [-0.3, -0.25) is 9.79 Å². The molecule has 0 aromatic heterocycles. The molecule has 0 aliphatic carbocycles. The molecule has 4 nitrogen and oxygen atoms in total. The molecule has 5 heteroatoms. The number of Topliss-reactive ketones (excluding diaryl/α,β-unsaturated/α-hetero) is 1. The van der Waals surface area contributed by atoms with Gasteiger partial charge >= 0.3 is 0 Å². The van der Waals surface area contributed by atoms with E-state index < -0.39 is 0 Å². The lowest BCUT2D eigenvalue weighted by Crippen LogP contribution is -2.32. The number of hydrogen-bond acceptors (Lipinski definition) is 4. The third-order valence-electron chi connectivity index (χ3n) is 2.40. The predicted molar refractivity (Wildman–Crippen MR) is 72.3 cm³/mol. The number of nitrogens with two attached hydrogens (primary N) is 1. The fourth-order valence-electron chi connectivity index (χ4n) is 1.41. The van der Waals surface area contributed by atoms with Gasteiger partial charge in [-0.05, 0) is 39.0 Å². The van der Waals surface area contributed by atoms with Crippen LogP contribution in [0.5, 0.6) is 0 Å². The van der Waals surface area contributed by atoms with Gasteiger partial charge in [0, 0.05) is 13.0 Å². The Balaban J connectivity index is 3.68. The summed E-state index contributed by atoms with van der Waals surface area (Å²) in [7, 11) is 1.80. The number of nitrogens with zero attached hydrogens (tertiary/aromatic N) is 1. The molecule has 0 saturated carbocycles. The van der Waals surface area contributed by atoms with Gasteiger partial charge in [0.2, 0.25) is 0 Å². The van der Waals surface area contributed by atoms with E-state index in [4.69, 9.17) is 5.73 Å². The maximum Gasteiger partial charge on any atom is 0.146 e. The molecular weight excluding hydrogens is 222 g/mol. The number of rotatable bonds is 9. The maximum atomic E-state index is 11.1. The molecule has 0 aliphatic heterocycles. The number of likely N-dealkylation sites (N-methyl/N-ethyl adjacent to an activating group) is 1. The number of thiol groups is 1. The van der Waals surface area contributed by atoms with E-state index >= 15 is 0 Å². The Hall–Kier alpha value is -0.550. The molecule has 0 aromatic carbocycles. The summed E-state index contributed by atoms with van der Waals surface area (Å²) in [5.41, 5.74) is 5.70. The summed E-state index contributed by atoms with van der Waals surface area (Å²) in [5, 5.41) is 2.98. The van der Waals surface area contributed by atoms with E-state index in [0.29, 0.717) is 12.4 Å². The highest BCUT2D eigenvalue weighted by Crippen LogP contribution is 1.99. The van der Waals surface area contributed by atoms with Crippen LogP contribution in [-0.4, -0.2) is 37.0 Å². The number of nitrogens with one attached hydrogen (secondary N) is 1. The normalized spacial score (nSPS) is 13.8. The highest BCUT2D eigenvalue weighted by Gasteiger charge is 2.09. The highest BCUT2D eigenvalue weighted by molar-refractivity contribution is 7.80. The van der Waals surface area contributed by atoms with Crippen LogP contribution in [0.4, 0.5) is 0 Å². The van der Waals surface area contributed by atoms with Crippen molar-refractivity contribution in [3.8, 4) is 0 Å². The first kappa shape index (κ1) is 15.4. The van der Waals surface area contributed by atoms with Crippen molar-refractivity contribution in [1.29, 1.82) is 0 Å². The Kier molecular flexibility index (Phi) is 9.33. The summed E-state index contributed by atoms with van der Waals surface area (Å²) in [5.74, 6) is 1.70. The van der Waals surface area contributed by atoms with Crippen molar-refractivity contribution in [1.82, 2.24) is 5.32 Å². The molecule has 0 unspecified atom stereocenters. The van der Waals surface area contributed by atoms with Crippen LogP contribution in [-0.2, 0) is 4.79 Å². The van der Waals surface area contributed by atoms with Crippen molar-refractivity contribution in [2.24, 2.45) is 10.7 Å². The first-order valence-corrected chi connectivity index (χ1v) is 6.32. The van der Waals surface area contributed by atoms with E-state index in [1.165, 1.54) is 0 Å². The average Bonchev–Trinajstić information content (AvgIpc) is 2.25. The highest BCUT2D eigenvalue weighted by atomic mass is 32.1. The molecule has 0 bridgehead atoms. The summed E-state index contributed by atoms with van der Waals surface area (Å²) >= 11 is 4.11. The molecule has 0 radical (unpaired) electrons. The summed E-state index contributed by atoms with van der Waals surface area (Å²) in [6.07, 6.45) is 3.47. The smallest absolute Gasteiger partial charge is 0.146 e. The molecule has 0 fully saturated rings. The van der Waals surface area contributed by atoms with Crippen molar-refractivity contribution in [3.05, 3.63) is 0 Å². The molecule has 0 amide bonds. The molecule has 16 heavy (non-hydrogen) atoms. The van der Waals surface area contributed by atoms with Crippen molar-refractivity contribution in [2.45, 2.75) is 38.6 Å². The fourth-order valence-corrected chi connectivity index (χ4v) is 1.57. The third-order valence-corrected chi connectivity index (χ3v) is 2.71. The zero-order valence-corrected chi connectivity index (χ0v) is 11.1. The summed E-state index contributed by atoms with van der Waals surface area (Å²) in [4.78, 5) is 15.4. The summed E-state index contributed by atoms with van der Waals surface area (Å²) < 4.78 is 0. The molecule has 94 valence electrons. The fraction of sp³-hybridized carbons (Fsp3) is 0.818. The van der Waals surface area contributed by atoms with E-state index in [2.05, 4.69) is 22.9 Å². The number of hydrogen-bond donors (Lipinski definition) is 3. The van der Waals surface area contributed by atoms with Gasteiger partial charge in [-0.1, -0.05) is 0 Å². The molecule has 1 atom stereocenters. The Morgan fingerprint density at radius 3 is 2.69 bits per heavy atom. The van der Waals surface area contributed by atoms with Crippen LogP contribution < -0.4 is 11.1 Å². The molecule has 0 heterocycles. The standard InChI is InChI=1S/C11H23N3OS/c1-9(15)10(13-2)5-3-7-14-11(12)6-4-8-16/h10,13,16H,3-8H2,1-2H3,(H2,12,14)/t10-/m1/s1. The second-order valence-electron chi connectivity index (χ2n) is 3.79. The van der Waals surface area contributed by atoms with Crippen LogP contribution in [0.1, 0.15) is 32.6 Å². The lowest BCUT2D eigenvalue weighted by molar-refractivity contribution is -0.119. The minimum absolute atomic E-state index is 0.0473. The van der Waals surface area contributed by atoms with Crippen LogP contribution in [0.15, 0.2) is 4.99 Å². The number of aliphatic imine (C=N–C) groups is 1. The molecule has 0 saturated heterocycles. The number of carbonyl (C=O) groups is 1. The molecule has 3 N–H and O–H groups in total. The number of amidine groups is 1. The van der Waals surface area contributed by atoms with Crippen LogP contribution in [0, 0.1) is 0 Å². The first-order chi connectivity index (χ1) is 7.61. The monoisotopic (exact) mass is 245 g/mol. The van der Waals surface area contributed by atoms with E-state index in [1.54, 1.807) is 14.0 Å². The Labute approximate surface area is 103 Å². The van der Waals surface area contributed by atoms with Crippen molar-refractivity contribution in [2.75, 3.05) is 19.3 Å². The SMILES string of the molecule is CN[C@H](CCCN=C(N)CCCS)C(C)=O. The number of ketones is 1. The molecular formula is C11H23N3OS. The van der Waals surface area contributed by atoms with Crippen molar-refractivity contribution >= 4 is 24.2 Å². The van der Waals surface area contributed by atoms with Crippen LogP contribution >= 0.6 is 12.6 Å². The van der Waals surface area contributed by atoms with E-state index in [-0.39, 0.29) is 11.8 Å². The number of carbonyl (C=O) groups excluding carboxylic acids is 1. The predicted octanol–water partition coefficient (Wildman–Crippen LogP) is 1.01. The topological polar surface area (TPSA) is 67.5 Å². The van der Waals surface area contributed by atoms with Gasteiger partial charge in [0.25, 0.3) is 0 Å². The van der Waals surface area contributed by atoms with E-state index in [0.717, 1.165) is 31.4 Å². The summed E-state index contributed by atoms with van der Waals surface area (Å²) in [6, 6.07) is -0.0473. The second-order valence-corrected chi connectivity index (χ2v) is 4.24. The zero-order chi connectivity index (χ0) is 12.4. The third kappa shape index (κ3) is 7.70. The van der Waals surface area contributed by atoms with Gasteiger partial charge in [0.1, 0.15) is 5.78 Å². The molecule has 0 aromatic rings. The van der Waals surface area contributed by atoms with Gasteiger partial charge in [-0.15, -0.1) is 0 Å². The Morgan fingerprint density at radius 2 is 2.19 bits per heavy atom. The molecule has 0 aliphatic rings. The molecule has 0 spiro atoms. The lowest BCUT2D eigenvalue weighted by atomic mass is 10.1. The Bertz CT molecular complexity index is 231. The quantitative estimate of drug-likeness (QED) is 0.246. The van der Waals surface area contributed by atoms with Gasteiger partial charge in [-0.25, -0.2) is 0 Å². The van der Waals surface area contributed by atoms with Crippen molar-refractivity contribution < 1.29 is 4.79 Å². The van der Waals surface area contributed by atoms with Gasteiger partial charge < -0.3 is 11.1 Å². The average molecular weight is 245 g/mol. The minimum atomic E-state index is -0.0473. The lowest BCUT2D eigenvalue weighted by Gasteiger charge is -2.11. The largest absolute Gasteiger partial charge is 0.387 e. The van der Waals surface area contributed by atoms with Crippen molar-refractivity contribution in [3.63, 3.8) is 0 Å². The maximum absolute atomic E-state index is 11.1. The summed E-state index contributed by atoms with van der Waals surface area (Å²) in [6.45, 7) is 2.30. The second kappa shape index (κ2) is 9.66. The van der Waals surface area contributed by atoms with Crippen LogP contribution in [0.25, 0.3) is 0 Å². The van der Waals surface area contributed by atoms with E-state index in [1.807, 2.05) is 0 Å².